The molecule has 3 heteroatoms. The summed E-state index contributed by atoms with van der Waals surface area (Å²) in [4.78, 5) is 0. The summed E-state index contributed by atoms with van der Waals surface area (Å²) < 4.78 is 5.88. The summed E-state index contributed by atoms with van der Waals surface area (Å²) in [6, 6.07) is 16.2. The molecule has 0 aromatic heterocycles. The van der Waals surface area contributed by atoms with Crippen molar-refractivity contribution in [2.45, 2.75) is 19.1 Å². The molecule has 0 spiro atoms. The molecule has 0 radical (unpaired) electrons. The maximum atomic E-state index is 5.91. The van der Waals surface area contributed by atoms with Crippen LogP contribution in [0.25, 0.3) is 0 Å². The first kappa shape index (κ1) is 12.1. The second-order valence-electron chi connectivity index (χ2n) is 4.88. The van der Waals surface area contributed by atoms with Gasteiger partial charge >= 0.3 is 0 Å². The van der Waals surface area contributed by atoms with Gasteiger partial charge in [0.15, 0.2) is 0 Å². The van der Waals surface area contributed by atoms with Crippen LogP contribution in [0.1, 0.15) is 11.1 Å². The van der Waals surface area contributed by atoms with Crippen molar-refractivity contribution < 1.29 is 4.74 Å². The maximum absolute atomic E-state index is 5.91. The van der Waals surface area contributed by atoms with Crippen molar-refractivity contribution in [1.29, 1.82) is 0 Å². The molecule has 1 atom stereocenters. The highest BCUT2D eigenvalue weighted by Crippen LogP contribution is 2.27. The molecule has 2 aromatic rings. The predicted octanol–water partition coefficient (Wildman–Crippen LogP) is 2.36. The Labute approximate surface area is 113 Å². The Morgan fingerprint density at radius 2 is 1.89 bits per heavy atom. The summed E-state index contributed by atoms with van der Waals surface area (Å²) in [6.45, 7) is 1.62. The lowest BCUT2D eigenvalue weighted by Crippen LogP contribution is -2.29. The number of nitrogen functional groups attached to an aromatic ring is 1. The van der Waals surface area contributed by atoms with Crippen LogP contribution in [-0.4, -0.2) is 12.6 Å². The Hall–Kier alpha value is -2.00. The SMILES string of the molecule is Nc1ccccc1CNCC1Cc2ccccc2O1. The van der Waals surface area contributed by atoms with Gasteiger partial charge in [-0.25, -0.2) is 0 Å². The van der Waals surface area contributed by atoms with Crippen molar-refractivity contribution in [3.8, 4) is 5.75 Å². The first-order chi connectivity index (χ1) is 9.33. The van der Waals surface area contributed by atoms with Crippen LogP contribution in [0, 0.1) is 0 Å². The van der Waals surface area contributed by atoms with Gasteiger partial charge < -0.3 is 15.8 Å². The lowest BCUT2D eigenvalue weighted by Gasteiger charge is -2.12. The smallest absolute Gasteiger partial charge is 0.123 e. The van der Waals surface area contributed by atoms with E-state index in [2.05, 4.69) is 17.4 Å². The minimum Gasteiger partial charge on any atom is -0.488 e. The fourth-order valence-corrected chi connectivity index (χ4v) is 2.43. The first-order valence-corrected chi connectivity index (χ1v) is 6.61. The zero-order valence-corrected chi connectivity index (χ0v) is 10.8. The molecular weight excluding hydrogens is 236 g/mol. The molecule has 1 unspecified atom stereocenters. The molecule has 3 rings (SSSR count). The number of anilines is 1. The summed E-state index contributed by atoms with van der Waals surface area (Å²) >= 11 is 0. The molecule has 19 heavy (non-hydrogen) atoms. The number of nitrogens with one attached hydrogen (secondary N) is 1. The van der Waals surface area contributed by atoms with Crippen molar-refractivity contribution in [1.82, 2.24) is 5.32 Å². The number of rotatable bonds is 4. The fraction of sp³-hybridized carbons (Fsp3) is 0.250. The second kappa shape index (κ2) is 5.33. The monoisotopic (exact) mass is 254 g/mol. The van der Waals surface area contributed by atoms with Crippen LogP contribution in [-0.2, 0) is 13.0 Å². The molecule has 0 aliphatic carbocycles. The average Bonchev–Trinajstić information content (AvgIpc) is 2.83. The van der Waals surface area contributed by atoms with Gasteiger partial charge in [-0.05, 0) is 23.3 Å². The summed E-state index contributed by atoms with van der Waals surface area (Å²) in [7, 11) is 0. The highest BCUT2D eigenvalue weighted by atomic mass is 16.5. The third-order valence-corrected chi connectivity index (χ3v) is 3.46. The van der Waals surface area contributed by atoms with E-state index in [9.17, 15) is 0 Å². The molecule has 0 fully saturated rings. The van der Waals surface area contributed by atoms with Gasteiger partial charge in [-0.2, -0.15) is 0 Å². The van der Waals surface area contributed by atoms with Gasteiger partial charge in [-0.1, -0.05) is 36.4 Å². The van der Waals surface area contributed by atoms with E-state index >= 15 is 0 Å². The minimum atomic E-state index is 0.224. The van der Waals surface area contributed by atoms with Crippen LogP contribution in [0.2, 0.25) is 0 Å². The summed E-state index contributed by atoms with van der Waals surface area (Å²) in [5.41, 5.74) is 9.19. The lowest BCUT2D eigenvalue weighted by molar-refractivity contribution is 0.227. The molecular formula is C16H18N2O. The summed E-state index contributed by atoms with van der Waals surface area (Å²) in [5.74, 6) is 1.02. The van der Waals surface area contributed by atoms with E-state index < -0.39 is 0 Å². The molecule has 98 valence electrons. The van der Waals surface area contributed by atoms with E-state index in [1.165, 1.54) is 5.56 Å². The zero-order valence-electron chi connectivity index (χ0n) is 10.8. The third kappa shape index (κ3) is 2.71. The van der Waals surface area contributed by atoms with Gasteiger partial charge in [0.1, 0.15) is 11.9 Å². The number of fused-ring (bicyclic) bond motifs is 1. The molecule has 3 N–H and O–H groups in total. The van der Waals surface area contributed by atoms with Crippen LogP contribution in [0.15, 0.2) is 48.5 Å². The van der Waals surface area contributed by atoms with E-state index in [4.69, 9.17) is 10.5 Å². The highest BCUT2D eigenvalue weighted by molar-refractivity contribution is 5.46. The Kier molecular flexibility index (Phi) is 3.38. The molecule has 2 aromatic carbocycles. The molecule has 0 bridgehead atoms. The molecule has 0 saturated heterocycles. The second-order valence-corrected chi connectivity index (χ2v) is 4.88. The standard InChI is InChI=1S/C16H18N2O/c17-15-7-3-1-6-13(15)10-18-11-14-9-12-5-2-4-8-16(12)19-14/h1-8,14,18H,9-11,17H2. The van der Waals surface area contributed by atoms with E-state index in [-0.39, 0.29) is 6.10 Å². The van der Waals surface area contributed by atoms with Crippen LogP contribution in [0.3, 0.4) is 0 Å². The zero-order chi connectivity index (χ0) is 13.1. The van der Waals surface area contributed by atoms with E-state index in [0.717, 1.165) is 36.5 Å². The number of nitrogens with two attached hydrogens (primary N) is 1. The van der Waals surface area contributed by atoms with Crippen molar-refractivity contribution in [2.24, 2.45) is 0 Å². The maximum Gasteiger partial charge on any atom is 0.123 e. The Morgan fingerprint density at radius 1 is 1.11 bits per heavy atom. The topological polar surface area (TPSA) is 47.3 Å². The molecule has 0 saturated carbocycles. The number of para-hydroxylation sites is 2. The fourth-order valence-electron chi connectivity index (χ4n) is 2.43. The third-order valence-electron chi connectivity index (χ3n) is 3.46. The largest absolute Gasteiger partial charge is 0.488 e. The minimum absolute atomic E-state index is 0.224. The lowest BCUT2D eigenvalue weighted by atomic mass is 10.1. The Morgan fingerprint density at radius 3 is 2.74 bits per heavy atom. The number of hydrogen-bond donors (Lipinski definition) is 2. The van der Waals surface area contributed by atoms with E-state index in [1.54, 1.807) is 0 Å². The average molecular weight is 254 g/mol. The molecule has 1 heterocycles. The van der Waals surface area contributed by atoms with Crippen LogP contribution in [0.4, 0.5) is 5.69 Å². The van der Waals surface area contributed by atoms with E-state index in [0.29, 0.717) is 0 Å². The normalized spacial score (nSPS) is 16.9. The van der Waals surface area contributed by atoms with Crippen molar-refractivity contribution >= 4 is 5.69 Å². The van der Waals surface area contributed by atoms with E-state index in [1.807, 2.05) is 36.4 Å². The van der Waals surface area contributed by atoms with Gasteiger partial charge in [-0.15, -0.1) is 0 Å². The van der Waals surface area contributed by atoms with Gasteiger partial charge in [-0.3, -0.25) is 0 Å². The predicted molar refractivity (Wildman–Crippen MR) is 77.1 cm³/mol. The molecule has 1 aliphatic heterocycles. The summed E-state index contributed by atoms with van der Waals surface area (Å²) in [6.07, 6.45) is 1.20. The van der Waals surface area contributed by atoms with Gasteiger partial charge in [0, 0.05) is 25.2 Å². The van der Waals surface area contributed by atoms with Crippen LogP contribution >= 0.6 is 0 Å². The quantitative estimate of drug-likeness (QED) is 0.823. The van der Waals surface area contributed by atoms with Crippen LogP contribution < -0.4 is 15.8 Å². The Bertz CT molecular complexity index is 543. The van der Waals surface area contributed by atoms with Gasteiger partial charge in [0.05, 0.1) is 0 Å². The number of ether oxygens (including phenoxy) is 1. The van der Waals surface area contributed by atoms with Crippen LogP contribution in [0.5, 0.6) is 5.75 Å². The summed E-state index contributed by atoms with van der Waals surface area (Å²) in [5, 5.41) is 3.41. The van der Waals surface area contributed by atoms with Gasteiger partial charge in [0.2, 0.25) is 0 Å². The van der Waals surface area contributed by atoms with Crippen molar-refractivity contribution in [3.63, 3.8) is 0 Å². The van der Waals surface area contributed by atoms with Crippen molar-refractivity contribution in [2.75, 3.05) is 12.3 Å². The van der Waals surface area contributed by atoms with Crippen molar-refractivity contribution in [3.05, 3.63) is 59.7 Å². The highest BCUT2D eigenvalue weighted by Gasteiger charge is 2.21. The number of hydrogen-bond acceptors (Lipinski definition) is 3. The molecule has 1 aliphatic rings. The first-order valence-electron chi connectivity index (χ1n) is 6.61. The Balaban J connectivity index is 1.51. The number of benzene rings is 2. The molecule has 3 nitrogen and oxygen atoms in total. The van der Waals surface area contributed by atoms with Gasteiger partial charge in [0.25, 0.3) is 0 Å². The molecule has 0 amide bonds.